The summed E-state index contributed by atoms with van der Waals surface area (Å²) in [4.78, 5) is 11.0. The summed E-state index contributed by atoms with van der Waals surface area (Å²) in [5, 5.41) is 0. The van der Waals surface area contributed by atoms with E-state index in [1.54, 1.807) is 0 Å². The summed E-state index contributed by atoms with van der Waals surface area (Å²) in [7, 11) is 0. The van der Waals surface area contributed by atoms with Crippen LogP contribution in [0.1, 0.15) is 32.1 Å². The highest BCUT2D eigenvalue weighted by molar-refractivity contribution is 5.93. The second-order valence-corrected chi connectivity index (χ2v) is 3.17. The number of carbonyl (C=O) groups excluding carboxylic acids is 1. The number of fused-ring (bicyclic) bond motifs is 3. The zero-order valence-electron chi connectivity index (χ0n) is 5.52. The lowest BCUT2D eigenvalue weighted by atomic mass is 9.70. The zero-order chi connectivity index (χ0) is 6.27. The molecule has 3 aliphatic carbocycles. The molecule has 9 heavy (non-hydrogen) atoms. The molecule has 3 fully saturated rings. The molecule has 0 heterocycles. The summed E-state index contributed by atoms with van der Waals surface area (Å²) in [6, 6.07) is 0. The van der Waals surface area contributed by atoms with E-state index in [2.05, 4.69) is 0 Å². The van der Waals surface area contributed by atoms with Gasteiger partial charge in [0.15, 0.2) is 5.92 Å². The lowest BCUT2D eigenvalue weighted by molar-refractivity contribution is -0.121. The van der Waals surface area contributed by atoms with E-state index in [1.807, 2.05) is 0 Å². The maximum absolute atomic E-state index is 11.0. The molecule has 3 saturated carbocycles. The Hall–Kier alpha value is -0.460. The Kier molecular flexibility index (Phi) is 1.04. The van der Waals surface area contributed by atoms with Gasteiger partial charge in [-0.05, 0) is 18.8 Å². The molecule has 2 bridgehead atoms. The average molecular weight is 123 g/mol. The molecule has 1 nitrogen and oxygen atoms in total. The van der Waals surface area contributed by atoms with E-state index in [1.165, 1.54) is 18.8 Å². The molecule has 0 radical (unpaired) electrons. The molecule has 0 unspecified atom stereocenters. The van der Waals surface area contributed by atoms with Crippen LogP contribution in [0.4, 0.5) is 0 Å². The van der Waals surface area contributed by atoms with Crippen LogP contribution in [0.15, 0.2) is 0 Å². The highest BCUT2D eigenvalue weighted by atomic mass is 16.1. The molecule has 0 aromatic rings. The maximum Gasteiger partial charge on any atom is 0.308 e. The minimum atomic E-state index is 0.470. The predicted octanol–water partition coefficient (Wildman–Crippen LogP) is 1.72. The van der Waals surface area contributed by atoms with E-state index in [4.69, 9.17) is 0 Å². The Bertz CT molecular complexity index is 132. The molecular weight excluding hydrogens is 112 g/mol. The smallest absolute Gasteiger partial charge is 0.244 e. The predicted molar refractivity (Wildman–Crippen MR) is 34.8 cm³/mol. The molecule has 48 valence electrons. The van der Waals surface area contributed by atoms with Gasteiger partial charge >= 0.3 is 5.78 Å². The molecule has 0 N–H and O–H groups in total. The standard InChI is InChI=1S/C8H11O/c9-8-5-6-1-3-7(8)4-2-6/h6H,1-5H2/q+1. The van der Waals surface area contributed by atoms with E-state index < -0.39 is 0 Å². The Labute approximate surface area is 55.4 Å². The minimum absolute atomic E-state index is 0.470. The van der Waals surface area contributed by atoms with Gasteiger partial charge in [-0.15, -0.1) is 0 Å². The van der Waals surface area contributed by atoms with Gasteiger partial charge in [-0.2, -0.15) is 0 Å². The third kappa shape index (κ3) is 0.752. The fourth-order valence-electron chi connectivity index (χ4n) is 1.92. The largest absolute Gasteiger partial charge is 0.308 e. The molecule has 0 aromatic heterocycles. The summed E-state index contributed by atoms with van der Waals surface area (Å²) in [5.41, 5.74) is 0. The number of hydrogen-bond donors (Lipinski definition) is 0. The van der Waals surface area contributed by atoms with Crippen molar-refractivity contribution in [3.63, 3.8) is 0 Å². The van der Waals surface area contributed by atoms with Crippen LogP contribution in [0.2, 0.25) is 0 Å². The number of ketones is 1. The highest BCUT2D eigenvalue weighted by Crippen LogP contribution is 2.39. The first-order chi connectivity index (χ1) is 4.36. The van der Waals surface area contributed by atoms with Gasteiger partial charge in [-0.3, -0.25) is 0 Å². The van der Waals surface area contributed by atoms with Crippen LogP contribution in [0, 0.1) is 11.8 Å². The van der Waals surface area contributed by atoms with Crippen LogP contribution in [0.25, 0.3) is 0 Å². The van der Waals surface area contributed by atoms with Gasteiger partial charge in [0, 0.05) is 0 Å². The van der Waals surface area contributed by atoms with Crippen molar-refractivity contribution in [1.29, 1.82) is 0 Å². The first-order valence-corrected chi connectivity index (χ1v) is 3.74. The number of Topliss-reactive ketones (excluding diaryl/α,β-unsaturated/α-hetero) is 1. The van der Waals surface area contributed by atoms with Crippen LogP contribution < -0.4 is 0 Å². The van der Waals surface area contributed by atoms with Crippen molar-refractivity contribution in [3.8, 4) is 0 Å². The molecule has 0 spiro atoms. The monoisotopic (exact) mass is 123 g/mol. The van der Waals surface area contributed by atoms with Crippen molar-refractivity contribution < 1.29 is 4.79 Å². The lowest BCUT2D eigenvalue weighted by Gasteiger charge is -2.25. The van der Waals surface area contributed by atoms with Gasteiger partial charge < -0.3 is 0 Å². The second kappa shape index (κ2) is 1.76. The van der Waals surface area contributed by atoms with Crippen LogP contribution in [-0.4, -0.2) is 5.78 Å². The summed E-state index contributed by atoms with van der Waals surface area (Å²) >= 11 is 0. The van der Waals surface area contributed by atoms with Crippen molar-refractivity contribution in [2.24, 2.45) is 5.92 Å². The maximum atomic E-state index is 11.0. The fourth-order valence-corrected chi connectivity index (χ4v) is 1.92. The molecule has 3 aliphatic rings. The first kappa shape index (κ1) is 5.33. The van der Waals surface area contributed by atoms with E-state index >= 15 is 0 Å². The van der Waals surface area contributed by atoms with E-state index in [0.29, 0.717) is 5.78 Å². The molecule has 3 rings (SSSR count). The van der Waals surface area contributed by atoms with Gasteiger partial charge in [0.2, 0.25) is 0 Å². The highest BCUT2D eigenvalue weighted by Gasteiger charge is 2.43. The Balaban J connectivity index is 2.15. The van der Waals surface area contributed by atoms with Crippen LogP contribution in [-0.2, 0) is 4.79 Å². The summed E-state index contributed by atoms with van der Waals surface area (Å²) in [5.74, 6) is 2.46. The lowest BCUT2D eigenvalue weighted by Crippen LogP contribution is -2.29. The van der Waals surface area contributed by atoms with E-state index in [-0.39, 0.29) is 0 Å². The summed E-state index contributed by atoms with van der Waals surface area (Å²) < 4.78 is 0. The van der Waals surface area contributed by atoms with Gasteiger partial charge in [0.1, 0.15) is 0 Å². The number of hydrogen-bond acceptors (Lipinski definition) is 1. The third-order valence-corrected chi connectivity index (χ3v) is 2.58. The Morgan fingerprint density at radius 1 is 1.33 bits per heavy atom. The van der Waals surface area contributed by atoms with Crippen LogP contribution in [0.3, 0.4) is 0 Å². The minimum Gasteiger partial charge on any atom is -0.244 e. The van der Waals surface area contributed by atoms with Gasteiger partial charge in [-0.1, -0.05) is 0 Å². The zero-order valence-corrected chi connectivity index (χ0v) is 5.52. The molecule has 0 saturated heterocycles. The van der Waals surface area contributed by atoms with Gasteiger partial charge in [0.05, 0.1) is 19.3 Å². The van der Waals surface area contributed by atoms with Crippen molar-refractivity contribution in [2.75, 3.05) is 0 Å². The quantitative estimate of drug-likeness (QED) is 0.448. The van der Waals surface area contributed by atoms with E-state index in [0.717, 1.165) is 25.2 Å². The van der Waals surface area contributed by atoms with Gasteiger partial charge in [-0.25, -0.2) is 4.79 Å². The fraction of sp³-hybridized carbons (Fsp3) is 0.750. The number of rotatable bonds is 0. The third-order valence-electron chi connectivity index (χ3n) is 2.58. The number of carbonyl (C=O) groups is 1. The summed E-state index contributed by atoms with van der Waals surface area (Å²) in [6.07, 6.45) is 5.68. The average Bonchev–Trinajstić information content (AvgIpc) is 1.90. The van der Waals surface area contributed by atoms with Crippen molar-refractivity contribution in [1.82, 2.24) is 0 Å². The summed E-state index contributed by atoms with van der Waals surface area (Å²) in [6.45, 7) is 0. The van der Waals surface area contributed by atoms with Crippen LogP contribution in [0.5, 0.6) is 0 Å². The molecule has 0 amide bonds. The molecule has 0 aliphatic heterocycles. The topological polar surface area (TPSA) is 17.1 Å². The van der Waals surface area contributed by atoms with Crippen molar-refractivity contribution >= 4 is 5.78 Å². The Morgan fingerprint density at radius 2 is 2.00 bits per heavy atom. The van der Waals surface area contributed by atoms with Crippen molar-refractivity contribution in [2.45, 2.75) is 32.1 Å². The Morgan fingerprint density at radius 3 is 2.22 bits per heavy atom. The molecule has 0 aromatic carbocycles. The second-order valence-electron chi connectivity index (χ2n) is 3.17. The van der Waals surface area contributed by atoms with Crippen LogP contribution >= 0.6 is 0 Å². The first-order valence-electron chi connectivity index (χ1n) is 3.74. The van der Waals surface area contributed by atoms with Crippen molar-refractivity contribution in [3.05, 3.63) is 5.92 Å². The molecule has 1 heteroatoms. The SMILES string of the molecule is O=C1CC2CC[C+]1CC2. The van der Waals surface area contributed by atoms with E-state index in [9.17, 15) is 4.79 Å². The molecular formula is C8H11O+. The van der Waals surface area contributed by atoms with Gasteiger partial charge in [0.25, 0.3) is 0 Å². The molecule has 0 atom stereocenters. The normalized spacial score (nSPS) is 27.6.